The van der Waals surface area contributed by atoms with Crippen LogP contribution in [0.4, 0.5) is 0 Å². The van der Waals surface area contributed by atoms with Crippen molar-refractivity contribution in [2.75, 3.05) is 0 Å². The molecule has 1 fully saturated rings. The van der Waals surface area contributed by atoms with Crippen LogP contribution in [-0.4, -0.2) is 16.9 Å². The molecule has 19 heavy (non-hydrogen) atoms. The number of aromatic amines is 1. The van der Waals surface area contributed by atoms with Crippen molar-refractivity contribution < 1.29 is 4.79 Å². The fourth-order valence-corrected chi connectivity index (χ4v) is 3.12. The van der Waals surface area contributed by atoms with E-state index in [1.165, 1.54) is 25.7 Å². The number of hydrogen-bond acceptors (Lipinski definition) is 1. The Bertz CT molecular complexity index is 581. The van der Waals surface area contributed by atoms with Crippen LogP contribution in [0.3, 0.4) is 0 Å². The Kier molecular flexibility index (Phi) is 3.28. The van der Waals surface area contributed by atoms with Gasteiger partial charge in [0, 0.05) is 23.1 Å². The molecular formula is C16H20N2O. The quantitative estimate of drug-likeness (QED) is 0.867. The van der Waals surface area contributed by atoms with E-state index in [1.54, 1.807) is 6.20 Å². The summed E-state index contributed by atoms with van der Waals surface area (Å²) in [6.07, 6.45) is 6.90. The lowest BCUT2D eigenvalue weighted by atomic mass is 9.99. The third-order valence-corrected chi connectivity index (χ3v) is 4.30. The molecule has 1 amide bonds. The average Bonchev–Trinajstić information content (AvgIpc) is 3.08. The number of rotatable bonds is 3. The third-order valence-electron chi connectivity index (χ3n) is 4.30. The first-order valence-electron chi connectivity index (χ1n) is 7.12. The molecule has 100 valence electrons. The van der Waals surface area contributed by atoms with Gasteiger partial charge in [-0.1, -0.05) is 31.0 Å². The van der Waals surface area contributed by atoms with Gasteiger partial charge in [-0.25, -0.2) is 0 Å². The molecule has 0 bridgehead atoms. The standard InChI is InChI=1S/C16H20N2O/c1-11(12-6-2-3-7-12)18-16(19)14-10-17-15-9-5-4-8-13(14)15/h4-5,8-12,17H,2-3,6-7H2,1H3,(H,18,19). The van der Waals surface area contributed by atoms with Gasteiger partial charge < -0.3 is 10.3 Å². The summed E-state index contributed by atoms with van der Waals surface area (Å²) in [4.78, 5) is 15.5. The Morgan fingerprint density at radius 3 is 2.84 bits per heavy atom. The third kappa shape index (κ3) is 2.37. The maximum atomic E-state index is 12.4. The van der Waals surface area contributed by atoms with Crippen LogP contribution in [-0.2, 0) is 0 Å². The van der Waals surface area contributed by atoms with Crippen LogP contribution in [0.15, 0.2) is 30.5 Å². The average molecular weight is 256 g/mol. The lowest BCUT2D eigenvalue weighted by molar-refractivity contribution is 0.0929. The second-order valence-electron chi connectivity index (χ2n) is 5.55. The molecule has 1 aliphatic carbocycles. The van der Waals surface area contributed by atoms with E-state index in [2.05, 4.69) is 17.2 Å². The van der Waals surface area contributed by atoms with Gasteiger partial charge >= 0.3 is 0 Å². The highest BCUT2D eigenvalue weighted by Gasteiger charge is 2.23. The Balaban J connectivity index is 1.76. The summed E-state index contributed by atoms with van der Waals surface area (Å²) < 4.78 is 0. The molecule has 0 aliphatic heterocycles. The first-order valence-corrected chi connectivity index (χ1v) is 7.12. The number of benzene rings is 1. The van der Waals surface area contributed by atoms with Crippen molar-refractivity contribution in [3.8, 4) is 0 Å². The molecule has 3 heteroatoms. The molecule has 1 atom stereocenters. The Labute approximate surface area is 113 Å². The largest absolute Gasteiger partial charge is 0.360 e. The lowest BCUT2D eigenvalue weighted by Gasteiger charge is -2.20. The van der Waals surface area contributed by atoms with Gasteiger partial charge in [-0.05, 0) is 31.7 Å². The zero-order valence-corrected chi connectivity index (χ0v) is 11.3. The van der Waals surface area contributed by atoms with Gasteiger partial charge in [0.2, 0.25) is 0 Å². The molecule has 2 aromatic rings. The Hall–Kier alpha value is -1.77. The molecule has 0 radical (unpaired) electrons. The van der Waals surface area contributed by atoms with Gasteiger partial charge in [0.1, 0.15) is 0 Å². The van der Waals surface area contributed by atoms with Gasteiger partial charge in [-0.15, -0.1) is 0 Å². The van der Waals surface area contributed by atoms with Crippen LogP contribution in [0.1, 0.15) is 43.0 Å². The van der Waals surface area contributed by atoms with Crippen molar-refractivity contribution in [2.24, 2.45) is 5.92 Å². The van der Waals surface area contributed by atoms with Crippen molar-refractivity contribution in [1.82, 2.24) is 10.3 Å². The molecule has 3 nitrogen and oxygen atoms in total. The van der Waals surface area contributed by atoms with Crippen LogP contribution in [0.5, 0.6) is 0 Å². The smallest absolute Gasteiger partial charge is 0.253 e. The maximum Gasteiger partial charge on any atom is 0.253 e. The summed E-state index contributed by atoms with van der Waals surface area (Å²) in [6.45, 7) is 2.13. The molecular weight excluding hydrogens is 236 g/mol. The number of fused-ring (bicyclic) bond motifs is 1. The summed E-state index contributed by atoms with van der Waals surface area (Å²) in [5.74, 6) is 0.686. The number of nitrogens with one attached hydrogen (secondary N) is 2. The summed E-state index contributed by atoms with van der Waals surface area (Å²) >= 11 is 0. The van der Waals surface area contributed by atoms with Crippen molar-refractivity contribution in [1.29, 1.82) is 0 Å². The number of amides is 1. The molecule has 1 heterocycles. The van der Waals surface area contributed by atoms with E-state index >= 15 is 0 Å². The molecule has 0 spiro atoms. The number of H-pyrrole nitrogens is 1. The van der Waals surface area contributed by atoms with Crippen LogP contribution < -0.4 is 5.32 Å². The molecule has 1 saturated carbocycles. The first-order chi connectivity index (χ1) is 9.25. The van der Waals surface area contributed by atoms with E-state index in [4.69, 9.17) is 0 Å². The highest BCUT2D eigenvalue weighted by Crippen LogP contribution is 2.28. The predicted molar refractivity (Wildman–Crippen MR) is 77.2 cm³/mol. The number of carbonyl (C=O) groups excluding carboxylic acids is 1. The minimum Gasteiger partial charge on any atom is -0.360 e. The number of aromatic nitrogens is 1. The SMILES string of the molecule is CC(NC(=O)c1c[nH]c2ccccc12)C1CCCC1. The Morgan fingerprint density at radius 1 is 1.32 bits per heavy atom. The normalized spacial score (nSPS) is 17.7. The van der Waals surface area contributed by atoms with Crippen LogP contribution in [0.2, 0.25) is 0 Å². The van der Waals surface area contributed by atoms with E-state index in [9.17, 15) is 4.79 Å². The summed E-state index contributed by atoms with van der Waals surface area (Å²) in [6, 6.07) is 8.19. The molecule has 0 saturated heterocycles. The van der Waals surface area contributed by atoms with Crippen LogP contribution in [0.25, 0.3) is 10.9 Å². The van der Waals surface area contributed by atoms with E-state index < -0.39 is 0 Å². The molecule has 1 unspecified atom stereocenters. The first kappa shape index (κ1) is 12.3. The highest BCUT2D eigenvalue weighted by atomic mass is 16.1. The predicted octanol–water partition coefficient (Wildman–Crippen LogP) is 3.48. The topological polar surface area (TPSA) is 44.9 Å². The van der Waals surface area contributed by atoms with E-state index in [0.717, 1.165) is 16.5 Å². The van der Waals surface area contributed by atoms with E-state index in [0.29, 0.717) is 5.92 Å². The summed E-state index contributed by atoms with van der Waals surface area (Å²) in [5.41, 5.74) is 1.77. The van der Waals surface area contributed by atoms with Crippen LogP contribution >= 0.6 is 0 Å². The van der Waals surface area contributed by atoms with Gasteiger partial charge in [0.25, 0.3) is 5.91 Å². The summed E-state index contributed by atoms with van der Waals surface area (Å²) in [7, 11) is 0. The maximum absolute atomic E-state index is 12.4. The molecule has 1 aliphatic rings. The zero-order chi connectivity index (χ0) is 13.2. The van der Waals surface area contributed by atoms with Crippen molar-refractivity contribution >= 4 is 16.8 Å². The zero-order valence-electron chi connectivity index (χ0n) is 11.3. The van der Waals surface area contributed by atoms with Crippen LogP contribution in [0, 0.1) is 5.92 Å². The van der Waals surface area contributed by atoms with Gasteiger partial charge in [-0.3, -0.25) is 4.79 Å². The van der Waals surface area contributed by atoms with Gasteiger partial charge in [-0.2, -0.15) is 0 Å². The van der Waals surface area contributed by atoms with Gasteiger partial charge in [0.05, 0.1) is 5.56 Å². The number of hydrogen-bond donors (Lipinski definition) is 2. The van der Waals surface area contributed by atoms with Crippen molar-refractivity contribution in [3.63, 3.8) is 0 Å². The van der Waals surface area contributed by atoms with E-state index in [1.807, 2.05) is 24.3 Å². The molecule has 1 aromatic heterocycles. The second-order valence-corrected chi connectivity index (χ2v) is 5.55. The minimum atomic E-state index is 0.0387. The molecule has 2 N–H and O–H groups in total. The highest BCUT2D eigenvalue weighted by molar-refractivity contribution is 6.06. The van der Waals surface area contributed by atoms with Crippen molar-refractivity contribution in [3.05, 3.63) is 36.0 Å². The number of carbonyl (C=O) groups is 1. The molecule has 1 aromatic carbocycles. The van der Waals surface area contributed by atoms with Gasteiger partial charge in [0.15, 0.2) is 0 Å². The lowest BCUT2D eigenvalue weighted by Crippen LogP contribution is -2.37. The number of para-hydroxylation sites is 1. The summed E-state index contributed by atoms with van der Waals surface area (Å²) in [5, 5.41) is 4.16. The second kappa shape index (κ2) is 5.08. The fourth-order valence-electron chi connectivity index (χ4n) is 3.12. The molecule has 3 rings (SSSR count). The fraction of sp³-hybridized carbons (Fsp3) is 0.438. The minimum absolute atomic E-state index is 0.0387. The van der Waals surface area contributed by atoms with E-state index in [-0.39, 0.29) is 11.9 Å². The monoisotopic (exact) mass is 256 g/mol. The Morgan fingerprint density at radius 2 is 2.05 bits per heavy atom. The van der Waals surface area contributed by atoms with Crippen molar-refractivity contribution in [2.45, 2.75) is 38.6 Å².